The molecule has 1 aliphatic rings. The zero-order valence-electron chi connectivity index (χ0n) is 15.3. The number of rotatable bonds is 5. The van der Waals surface area contributed by atoms with Crippen LogP contribution in [0.5, 0.6) is 5.75 Å². The number of carbonyl (C=O) groups excluding carboxylic acids is 1. The van der Waals surface area contributed by atoms with Gasteiger partial charge in [-0.05, 0) is 45.4 Å². The van der Waals surface area contributed by atoms with Crippen LogP contribution in [0.4, 0.5) is 13.2 Å². The third kappa shape index (κ3) is 4.70. The number of hydrogen-bond acceptors (Lipinski definition) is 5. The summed E-state index contributed by atoms with van der Waals surface area (Å²) < 4.78 is 58.1. The van der Waals surface area contributed by atoms with Crippen molar-refractivity contribution in [2.45, 2.75) is 57.5 Å². The van der Waals surface area contributed by atoms with Crippen LogP contribution >= 0.6 is 0 Å². The molecule has 0 radical (unpaired) electrons. The minimum absolute atomic E-state index is 0.108. The van der Waals surface area contributed by atoms with Gasteiger partial charge in [-0.25, -0.2) is 0 Å². The summed E-state index contributed by atoms with van der Waals surface area (Å²) in [5, 5.41) is 0. The summed E-state index contributed by atoms with van der Waals surface area (Å²) in [5.74, 6) is -1.55. The van der Waals surface area contributed by atoms with E-state index in [0.717, 1.165) is 0 Å². The molecule has 1 fully saturated rings. The molecule has 0 aliphatic carbocycles. The molecule has 0 saturated carbocycles. The Kier molecular flexibility index (Phi) is 5.63. The van der Waals surface area contributed by atoms with Crippen molar-refractivity contribution in [2.75, 3.05) is 7.11 Å². The van der Waals surface area contributed by atoms with Crippen molar-refractivity contribution in [2.24, 2.45) is 0 Å². The standard InChI is InChI=1S/C17H22BF3O5/c1-15(2)16(3,4)26-18(25-15)13(10-14(22)23-5)11-7-6-8-12(9-11)24-17(19,20)21/h6-9,13H,10H2,1-5H3. The maximum absolute atomic E-state index is 12.5. The fourth-order valence-electron chi connectivity index (χ4n) is 2.63. The van der Waals surface area contributed by atoms with E-state index in [0.29, 0.717) is 5.56 Å². The Hall–Kier alpha value is -1.74. The van der Waals surface area contributed by atoms with Crippen LogP contribution < -0.4 is 4.74 Å². The first-order chi connectivity index (χ1) is 11.8. The minimum atomic E-state index is -4.80. The highest BCUT2D eigenvalue weighted by Gasteiger charge is 2.54. The van der Waals surface area contributed by atoms with E-state index in [9.17, 15) is 18.0 Å². The van der Waals surface area contributed by atoms with Gasteiger partial charge in [-0.2, -0.15) is 0 Å². The van der Waals surface area contributed by atoms with Crippen molar-refractivity contribution >= 4 is 13.1 Å². The number of hydrogen-bond donors (Lipinski definition) is 0. The topological polar surface area (TPSA) is 54.0 Å². The van der Waals surface area contributed by atoms with E-state index in [1.807, 2.05) is 27.7 Å². The third-order valence-corrected chi connectivity index (χ3v) is 4.73. The Morgan fingerprint density at radius 1 is 1.19 bits per heavy atom. The summed E-state index contributed by atoms with van der Waals surface area (Å²) in [7, 11) is 0.424. The van der Waals surface area contributed by atoms with Crippen LogP contribution in [0.15, 0.2) is 24.3 Å². The highest BCUT2D eigenvalue weighted by atomic mass is 19.4. The molecule has 0 N–H and O–H groups in total. The average Bonchev–Trinajstić information content (AvgIpc) is 2.71. The summed E-state index contributed by atoms with van der Waals surface area (Å²) in [5.41, 5.74) is -0.867. The van der Waals surface area contributed by atoms with Gasteiger partial charge in [0.2, 0.25) is 0 Å². The number of benzene rings is 1. The van der Waals surface area contributed by atoms with Gasteiger partial charge in [-0.3, -0.25) is 4.79 Å². The van der Waals surface area contributed by atoms with Gasteiger partial charge in [-0.15, -0.1) is 13.2 Å². The summed E-state index contributed by atoms with van der Waals surface area (Å²) >= 11 is 0. The summed E-state index contributed by atoms with van der Waals surface area (Å²) in [4.78, 5) is 11.8. The third-order valence-electron chi connectivity index (χ3n) is 4.73. The number of methoxy groups -OCH3 is 1. The van der Waals surface area contributed by atoms with E-state index in [-0.39, 0.29) is 12.2 Å². The first-order valence-electron chi connectivity index (χ1n) is 8.13. The molecule has 1 atom stereocenters. The van der Waals surface area contributed by atoms with Crippen LogP contribution in [-0.2, 0) is 18.8 Å². The monoisotopic (exact) mass is 374 g/mol. The van der Waals surface area contributed by atoms with Gasteiger partial charge in [0, 0.05) is 5.82 Å². The SMILES string of the molecule is COC(=O)CC(B1OC(C)(C)C(C)(C)O1)c1cccc(OC(F)(F)F)c1. The molecule has 5 nitrogen and oxygen atoms in total. The lowest BCUT2D eigenvalue weighted by molar-refractivity contribution is -0.274. The van der Waals surface area contributed by atoms with Crippen molar-refractivity contribution in [1.82, 2.24) is 0 Å². The molecule has 144 valence electrons. The summed E-state index contributed by atoms with van der Waals surface area (Å²) in [6.07, 6.45) is -4.91. The molecule has 0 amide bonds. The smallest absolute Gasteiger partial charge is 0.469 e. The van der Waals surface area contributed by atoms with Crippen LogP contribution in [0.2, 0.25) is 0 Å². The largest absolute Gasteiger partial charge is 0.573 e. The van der Waals surface area contributed by atoms with Gasteiger partial charge in [0.1, 0.15) is 5.75 Å². The van der Waals surface area contributed by atoms with Gasteiger partial charge < -0.3 is 18.8 Å². The molecule has 26 heavy (non-hydrogen) atoms. The van der Waals surface area contributed by atoms with Crippen molar-refractivity contribution < 1.29 is 36.7 Å². The zero-order chi connectivity index (χ0) is 19.8. The highest BCUT2D eigenvalue weighted by Crippen LogP contribution is 2.42. The minimum Gasteiger partial charge on any atom is -0.469 e. The molecule has 1 aromatic rings. The first kappa shape index (κ1) is 20.6. The predicted molar refractivity (Wildman–Crippen MR) is 88.6 cm³/mol. The Balaban J connectivity index is 2.34. The van der Waals surface area contributed by atoms with Crippen molar-refractivity contribution in [3.05, 3.63) is 29.8 Å². The Morgan fingerprint density at radius 3 is 2.27 bits per heavy atom. The number of esters is 1. The zero-order valence-corrected chi connectivity index (χ0v) is 15.3. The van der Waals surface area contributed by atoms with E-state index < -0.39 is 36.5 Å². The molecule has 9 heteroatoms. The fraction of sp³-hybridized carbons (Fsp3) is 0.588. The van der Waals surface area contributed by atoms with E-state index in [1.165, 1.54) is 25.3 Å². The normalized spacial score (nSPS) is 19.9. The molecule has 1 saturated heterocycles. The molecule has 1 aliphatic heterocycles. The van der Waals surface area contributed by atoms with Gasteiger partial charge in [-0.1, -0.05) is 12.1 Å². The fourth-order valence-corrected chi connectivity index (χ4v) is 2.63. The molecular weight excluding hydrogens is 352 g/mol. The lowest BCUT2D eigenvalue weighted by atomic mass is 9.66. The van der Waals surface area contributed by atoms with Crippen molar-refractivity contribution in [3.8, 4) is 5.75 Å². The molecule has 1 aromatic carbocycles. The molecule has 0 bridgehead atoms. The number of halogens is 3. The van der Waals surface area contributed by atoms with Crippen molar-refractivity contribution in [3.63, 3.8) is 0 Å². The summed E-state index contributed by atoms with van der Waals surface area (Å²) in [6, 6.07) is 5.44. The molecule has 2 rings (SSSR count). The second-order valence-electron chi connectivity index (χ2n) is 7.13. The maximum Gasteiger partial charge on any atom is 0.573 e. The number of carbonyl (C=O) groups is 1. The van der Waals surface area contributed by atoms with Crippen LogP contribution in [-0.4, -0.2) is 37.8 Å². The van der Waals surface area contributed by atoms with Gasteiger partial charge >= 0.3 is 19.5 Å². The predicted octanol–water partition coefficient (Wildman–Crippen LogP) is 3.86. The van der Waals surface area contributed by atoms with Crippen LogP contribution in [0, 0.1) is 0 Å². The Morgan fingerprint density at radius 2 is 1.77 bits per heavy atom. The lowest BCUT2D eigenvalue weighted by Gasteiger charge is -2.32. The maximum atomic E-state index is 12.5. The number of alkyl halides is 3. The van der Waals surface area contributed by atoms with Gasteiger partial charge in [0.05, 0.1) is 24.7 Å². The van der Waals surface area contributed by atoms with Crippen molar-refractivity contribution in [1.29, 1.82) is 0 Å². The van der Waals surface area contributed by atoms with E-state index in [1.54, 1.807) is 6.07 Å². The van der Waals surface area contributed by atoms with E-state index in [2.05, 4.69) is 4.74 Å². The highest BCUT2D eigenvalue weighted by molar-refractivity contribution is 6.48. The van der Waals surface area contributed by atoms with E-state index >= 15 is 0 Å². The van der Waals surface area contributed by atoms with Gasteiger partial charge in [0.25, 0.3) is 0 Å². The molecule has 1 unspecified atom stereocenters. The second kappa shape index (κ2) is 7.11. The van der Waals surface area contributed by atoms with Crippen LogP contribution in [0.3, 0.4) is 0 Å². The average molecular weight is 374 g/mol. The Labute approximate surface area is 150 Å². The molecule has 0 aromatic heterocycles. The molecular formula is C17H22BF3O5. The quantitative estimate of drug-likeness (QED) is 0.579. The van der Waals surface area contributed by atoms with Gasteiger partial charge in [0.15, 0.2) is 0 Å². The molecule has 0 spiro atoms. The number of ether oxygens (including phenoxy) is 2. The van der Waals surface area contributed by atoms with E-state index in [4.69, 9.17) is 14.0 Å². The van der Waals surface area contributed by atoms with Crippen LogP contribution in [0.1, 0.15) is 45.5 Å². The summed E-state index contributed by atoms with van der Waals surface area (Å²) in [6.45, 7) is 7.41. The Bertz CT molecular complexity index is 644. The first-order valence-corrected chi connectivity index (χ1v) is 8.13. The molecule has 1 heterocycles. The second-order valence-corrected chi connectivity index (χ2v) is 7.13. The lowest BCUT2D eigenvalue weighted by Crippen LogP contribution is -2.41. The van der Waals surface area contributed by atoms with Crippen LogP contribution in [0.25, 0.3) is 0 Å².